The minimum atomic E-state index is -3.29. The highest BCUT2D eigenvalue weighted by Gasteiger charge is 2.35. The first-order valence-corrected chi connectivity index (χ1v) is 10.1. The molecule has 0 spiro atoms. The minimum Gasteiger partial charge on any atom is -0.355 e. The second kappa shape index (κ2) is 6.58. The third-order valence-electron chi connectivity index (χ3n) is 4.87. The van der Waals surface area contributed by atoms with Gasteiger partial charge in [0.1, 0.15) is 17.3 Å². The Morgan fingerprint density at radius 2 is 2.04 bits per heavy atom. The molecule has 1 aliphatic rings. The molecule has 0 bridgehead atoms. The van der Waals surface area contributed by atoms with Crippen LogP contribution in [-0.4, -0.2) is 59.9 Å². The molecule has 0 amide bonds. The van der Waals surface area contributed by atoms with Crippen molar-refractivity contribution in [2.24, 2.45) is 0 Å². The highest BCUT2D eigenvalue weighted by atomic mass is 32.2. The maximum atomic E-state index is 14.0. The number of para-hydroxylation sites is 1. The molecule has 1 aliphatic heterocycles. The molecule has 0 saturated carbocycles. The molecule has 1 fully saturated rings. The third-order valence-corrected chi connectivity index (χ3v) is 7.12. The number of pyridine rings is 1. The lowest BCUT2D eigenvalue weighted by molar-refractivity contribution is 0.508. The summed E-state index contributed by atoms with van der Waals surface area (Å²) in [7, 11) is -0.188. The maximum absolute atomic E-state index is 14.0. The van der Waals surface area contributed by atoms with Crippen LogP contribution in [0.2, 0.25) is 0 Å². The van der Waals surface area contributed by atoms with E-state index in [9.17, 15) is 12.8 Å². The van der Waals surface area contributed by atoms with Crippen LogP contribution in [0.3, 0.4) is 0 Å². The molecule has 1 unspecified atom stereocenters. The van der Waals surface area contributed by atoms with Crippen LogP contribution in [0.25, 0.3) is 16.6 Å². The van der Waals surface area contributed by atoms with Crippen LogP contribution in [-0.2, 0) is 10.0 Å². The largest absolute Gasteiger partial charge is 0.355 e. The van der Waals surface area contributed by atoms with Crippen molar-refractivity contribution in [2.45, 2.75) is 11.7 Å². The van der Waals surface area contributed by atoms with Crippen LogP contribution in [0, 0.1) is 5.82 Å². The molecule has 1 aromatic carbocycles. The van der Waals surface area contributed by atoms with E-state index < -0.39 is 15.3 Å². The summed E-state index contributed by atoms with van der Waals surface area (Å²) in [5.41, 5.74) is 1.05. The van der Waals surface area contributed by atoms with Gasteiger partial charge in [0, 0.05) is 51.0 Å². The Hall–Kier alpha value is -2.52. The fourth-order valence-corrected chi connectivity index (χ4v) is 4.69. The molecule has 7 nitrogen and oxygen atoms in total. The summed E-state index contributed by atoms with van der Waals surface area (Å²) in [6.45, 7) is 1.01. The zero-order chi connectivity index (χ0) is 19.2. The molecule has 2 aromatic heterocycles. The number of hydrogen-bond donors (Lipinski definition) is 0. The van der Waals surface area contributed by atoms with Gasteiger partial charge >= 0.3 is 0 Å². The monoisotopic (exact) mass is 389 g/mol. The van der Waals surface area contributed by atoms with Crippen LogP contribution in [0.5, 0.6) is 0 Å². The van der Waals surface area contributed by atoms with Crippen molar-refractivity contribution >= 4 is 26.7 Å². The quantitative estimate of drug-likeness (QED) is 0.683. The van der Waals surface area contributed by atoms with Crippen molar-refractivity contribution in [3.05, 3.63) is 48.5 Å². The molecule has 0 N–H and O–H groups in total. The van der Waals surface area contributed by atoms with Crippen molar-refractivity contribution in [3.63, 3.8) is 0 Å². The predicted molar refractivity (Wildman–Crippen MR) is 102 cm³/mol. The fraction of sp³-hybridized carbons (Fsp3) is 0.333. The zero-order valence-corrected chi connectivity index (χ0v) is 15.9. The second-order valence-electron chi connectivity index (χ2n) is 6.81. The highest BCUT2D eigenvalue weighted by molar-refractivity contribution is 7.89. The molecule has 3 aromatic rings. The molecule has 0 radical (unpaired) electrons. The van der Waals surface area contributed by atoms with Crippen LogP contribution >= 0.6 is 0 Å². The number of benzene rings is 1. The SMILES string of the molecule is CN(C)S(=O)(=O)C1CCN(c2cc3nn(-c4ccccc4F)cc3cn2)C1. The third kappa shape index (κ3) is 3.17. The molecule has 0 aliphatic carbocycles. The van der Waals surface area contributed by atoms with Gasteiger partial charge < -0.3 is 4.90 Å². The number of halogens is 1. The van der Waals surface area contributed by atoms with Crippen LogP contribution in [0.4, 0.5) is 10.2 Å². The molecule has 9 heteroatoms. The van der Waals surface area contributed by atoms with Crippen LogP contribution in [0.1, 0.15) is 6.42 Å². The molecule has 27 heavy (non-hydrogen) atoms. The lowest BCUT2D eigenvalue weighted by Crippen LogP contribution is -2.35. The van der Waals surface area contributed by atoms with Crippen molar-refractivity contribution in [1.82, 2.24) is 19.1 Å². The van der Waals surface area contributed by atoms with Gasteiger partial charge in [-0.15, -0.1) is 0 Å². The van der Waals surface area contributed by atoms with Crippen LogP contribution < -0.4 is 4.90 Å². The van der Waals surface area contributed by atoms with Gasteiger partial charge in [-0.05, 0) is 18.6 Å². The number of hydrogen-bond acceptors (Lipinski definition) is 5. The van der Waals surface area contributed by atoms with Crippen molar-refractivity contribution in [3.8, 4) is 5.69 Å². The van der Waals surface area contributed by atoms with E-state index in [2.05, 4.69) is 10.1 Å². The first kappa shape index (κ1) is 17.9. The molecule has 3 heterocycles. The average molecular weight is 389 g/mol. The summed E-state index contributed by atoms with van der Waals surface area (Å²) in [4.78, 5) is 6.40. The Morgan fingerprint density at radius 3 is 2.78 bits per heavy atom. The lowest BCUT2D eigenvalue weighted by Gasteiger charge is -2.19. The van der Waals surface area contributed by atoms with Crippen LogP contribution in [0.15, 0.2) is 42.7 Å². The summed E-state index contributed by atoms with van der Waals surface area (Å²) in [5.74, 6) is 0.326. The average Bonchev–Trinajstić information content (AvgIpc) is 3.28. The molecule has 1 atom stereocenters. The predicted octanol–water partition coefficient (Wildman–Crippen LogP) is 2.03. The van der Waals surface area contributed by atoms with Gasteiger partial charge in [0.15, 0.2) is 0 Å². The normalized spacial score (nSPS) is 17.9. The Bertz CT molecular complexity index is 1100. The summed E-state index contributed by atoms with van der Waals surface area (Å²) in [6.07, 6.45) is 3.97. The zero-order valence-electron chi connectivity index (χ0n) is 15.1. The van der Waals surface area contributed by atoms with E-state index in [1.165, 1.54) is 15.1 Å². The van der Waals surface area contributed by atoms with E-state index in [1.54, 1.807) is 44.7 Å². The molecular formula is C18H20FN5O2S. The standard InChI is InChI=1S/C18H20FN5O2S/c1-22(2)27(25,26)14-7-8-23(12-14)18-9-16-13(10-20-18)11-24(21-16)17-6-4-3-5-15(17)19/h3-6,9-11,14H,7-8,12H2,1-2H3. The summed E-state index contributed by atoms with van der Waals surface area (Å²) < 4.78 is 41.5. The lowest BCUT2D eigenvalue weighted by atomic mass is 10.3. The topological polar surface area (TPSA) is 71.3 Å². The first-order valence-electron chi connectivity index (χ1n) is 8.63. The maximum Gasteiger partial charge on any atom is 0.218 e. The van der Waals surface area contributed by atoms with Gasteiger partial charge in [0.2, 0.25) is 10.0 Å². The second-order valence-corrected chi connectivity index (χ2v) is 9.24. The van der Waals surface area contributed by atoms with Gasteiger partial charge in [-0.2, -0.15) is 5.10 Å². The Morgan fingerprint density at radius 1 is 1.26 bits per heavy atom. The van der Waals surface area contributed by atoms with Gasteiger partial charge in [-0.3, -0.25) is 0 Å². The molecule has 1 saturated heterocycles. The van der Waals surface area contributed by atoms with E-state index in [-0.39, 0.29) is 5.82 Å². The van der Waals surface area contributed by atoms with E-state index in [1.807, 2.05) is 11.0 Å². The first-order chi connectivity index (χ1) is 12.9. The van der Waals surface area contributed by atoms with E-state index in [0.29, 0.717) is 36.5 Å². The summed E-state index contributed by atoms with van der Waals surface area (Å²) in [6, 6.07) is 8.25. The Kier molecular flexibility index (Phi) is 4.35. The molecule has 4 rings (SSSR count). The molecule has 142 valence electrons. The molecular weight excluding hydrogens is 369 g/mol. The number of sulfonamides is 1. The van der Waals surface area contributed by atoms with E-state index in [0.717, 1.165) is 5.39 Å². The number of anilines is 1. The minimum absolute atomic E-state index is 0.352. The van der Waals surface area contributed by atoms with Gasteiger partial charge in [-0.1, -0.05) is 12.1 Å². The fourth-order valence-electron chi connectivity index (χ4n) is 3.32. The van der Waals surface area contributed by atoms with Crippen molar-refractivity contribution in [1.29, 1.82) is 0 Å². The van der Waals surface area contributed by atoms with Gasteiger partial charge in [-0.25, -0.2) is 26.8 Å². The number of fused-ring (bicyclic) bond motifs is 1. The number of rotatable bonds is 4. The summed E-state index contributed by atoms with van der Waals surface area (Å²) >= 11 is 0. The Labute approximate surface area is 157 Å². The van der Waals surface area contributed by atoms with Crippen molar-refractivity contribution < 1.29 is 12.8 Å². The Balaban J connectivity index is 1.62. The van der Waals surface area contributed by atoms with E-state index >= 15 is 0 Å². The number of nitrogens with zero attached hydrogens (tertiary/aromatic N) is 5. The smallest absolute Gasteiger partial charge is 0.218 e. The van der Waals surface area contributed by atoms with Crippen molar-refractivity contribution in [2.75, 3.05) is 32.1 Å². The van der Waals surface area contributed by atoms with Gasteiger partial charge in [0.25, 0.3) is 0 Å². The number of aromatic nitrogens is 3. The van der Waals surface area contributed by atoms with E-state index in [4.69, 9.17) is 0 Å². The highest BCUT2D eigenvalue weighted by Crippen LogP contribution is 2.26. The summed E-state index contributed by atoms with van der Waals surface area (Å²) in [5, 5.41) is 4.80. The van der Waals surface area contributed by atoms with Gasteiger partial charge in [0.05, 0.1) is 10.8 Å².